The van der Waals surface area contributed by atoms with Gasteiger partial charge in [-0.3, -0.25) is 4.79 Å². The highest BCUT2D eigenvalue weighted by Gasteiger charge is 2.01. The molecule has 0 bridgehead atoms. The van der Waals surface area contributed by atoms with E-state index in [9.17, 15) is 9.59 Å². The van der Waals surface area contributed by atoms with Crippen molar-refractivity contribution in [2.75, 3.05) is 7.11 Å². The maximum absolute atomic E-state index is 10.6. The van der Waals surface area contributed by atoms with E-state index in [1.165, 1.54) is 0 Å². The Morgan fingerprint density at radius 1 is 1.44 bits per heavy atom. The quantitative estimate of drug-likeness (QED) is 0.484. The minimum Gasteiger partial charge on any atom is -0.496 e. The Labute approximate surface area is 99.5 Å². The number of carbonyl (C=O) groups is 2. The van der Waals surface area contributed by atoms with Crippen LogP contribution in [0.25, 0.3) is 6.08 Å². The second-order valence-electron chi connectivity index (χ2n) is 3.14. The molecule has 0 atom stereocenters. The summed E-state index contributed by atoms with van der Waals surface area (Å²) >= 11 is 4.21. The Morgan fingerprint density at radius 2 is 2.19 bits per heavy atom. The van der Waals surface area contributed by atoms with E-state index in [0.717, 1.165) is 10.5 Å². The molecule has 84 valence electrons. The molecule has 0 amide bonds. The average Bonchev–Trinajstić information content (AvgIpc) is 2.30. The zero-order chi connectivity index (χ0) is 12.0. The standard InChI is InChI=1S/C12H12O3S/c1-15-11-7-9(2-3-12(11)16)6-10(8-14)4-5-13/h2-3,5-8,16H,4H2,1H3/b10-6+. The van der Waals surface area contributed by atoms with Gasteiger partial charge in [-0.15, -0.1) is 12.6 Å². The minimum atomic E-state index is 0.119. The van der Waals surface area contributed by atoms with Gasteiger partial charge in [0.15, 0.2) is 0 Å². The normalized spacial score (nSPS) is 11.0. The highest BCUT2D eigenvalue weighted by molar-refractivity contribution is 7.80. The summed E-state index contributed by atoms with van der Waals surface area (Å²) in [6.45, 7) is 0. The molecule has 0 fully saturated rings. The third-order valence-electron chi connectivity index (χ3n) is 2.03. The first-order valence-electron chi connectivity index (χ1n) is 4.67. The lowest BCUT2D eigenvalue weighted by molar-refractivity contribution is -0.109. The third-order valence-corrected chi connectivity index (χ3v) is 2.40. The maximum Gasteiger partial charge on any atom is 0.146 e. The second kappa shape index (κ2) is 6.12. The van der Waals surface area contributed by atoms with Crippen LogP contribution in [0, 0.1) is 0 Å². The van der Waals surface area contributed by atoms with E-state index in [-0.39, 0.29) is 6.42 Å². The zero-order valence-electron chi connectivity index (χ0n) is 8.84. The van der Waals surface area contributed by atoms with E-state index < -0.39 is 0 Å². The molecule has 0 saturated carbocycles. The van der Waals surface area contributed by atoms with Crippen LogP contribution in [-0.4, -0.2) is 19.7 Å². The van der Waals surface area contributed by atoms with Gasteiger partial charge in [-0.2, -0.15) is 0 Å². The molecular weight excluding hydrogens is 224 g/mol. The van der Waals surface area contributed by atoms with Crippen LogP contribution in [-0.2, 0) is 9.59 Å². The molecule has 0 aliphatic carbocycles. The van der Waals surface area contributed by atoms with Gasteiger partial charge >= 0.3 is 0 Å². The summed E-state index contributed by atoms with van der Waals surface area (Å²) in [6, 6.07) is 5.34. The minimum absolute atomic E-state index is 0.119. The Kier molecular flexibility index (Phi) is 4.79. The average molecular weight is 236 g/mol. The lowest BCUT2D eigenvalue weighted by Gasteiger charge is -2.04. The molecule has 1 rings (SSSR count). The van der Waals surface area contributed by atoms with Gasteiger partial charge < -0.3 is 9.53 Å². The molecule has 0 unspecified atom stereocenters. The SMILES string of the molecule is COc1cc(/C=C(/C=O)CC=O)ccc1S. The summed E-state index contributed by atoms with van der Waals surface area (Å²) < 4.78 is 5.10. The van der Waals surface area contributed by atoms with Gasteiger partial charge in [0.1, 0.15) is 18.3 Å². The van der Waals surface area contributed by atoms with Crippen LogP contribution in [0.5, 0.6) is 5.75 Å². The predicted molar refractivity (Wildman–Crippen MR) is 65.0 cm³/mol. The summed E-state index contributed by atoms with van der Waals surface area (Å²) in [4.78, 5) is 21.7. The number of hydrogen-bond donors (Lipinski definition) is 1. The van der Waals surface area contributed by atoms with Gasteiger partial charge in [0.2, 0.25) is 0 Å². The highest BCUT2D eigenvalue weighted by atomic mass is 32.1. The Morgan fingerprint density at radius 3 is 2.75 bits per heavy atom. The molecule has 1 aromatic rings. The highest BCUT2D eigenvalue weighted by Crippen LogP contribution is 2.24. The first-order valence-corrected chi connectivity index (χ1v) is 5.12. The maximum atomic E-state index is 10.6. The summed E-state index contributed by atoms with van der Waals surface area (Å²) in [5.74, 6) is 0.633. The number of rotatable bonds is 5. The van der Waals surface area contributed by atoms with Crippen LogP contribution in [0.4, 0.5) is 0 Å². The first kappa shape index (κ1) is 12.5. The number of ether oxygens (including phenoxy) is 1. The summed E-state index contributed by atoms with van der Waals surface area (Å²) in [5, 5.41) is 0. The van der Waals surface area contributed by atoms with Crippen LogP contribution in [0.1, 0.15) is 12.0 Å². The number of carbonyl (C=O) groups excluding carboxylic acids is 2. The van der Waals surface area contributed by atoms with E-state index in [1.807, 2.05) is 0 Å². The van der Waals surface area contributed by atoms with Gasteiger partial charge in [-0.1, -0.05) is 6.07 Å². The van der Waals surface area contributed by atoms with Gasteiger partial charge in [0, 0.05) is 11.3 Å². The van der Waals surface area contributed by atoms with Crippen molar-refractivity contribution >= 4 is 31.3 Å². The molecule has 0 heterocycles. The van der Waals surface area contributed by atoms with Crippen molar-refractivity contribution < 1.29 is 14.3 Å². The molecule has 0 saturated heterocycles. The molecule has 16 heavy (non-hydrogen) atoms. The van der Waals surface area contributed by atoms with E-state index in [1.54, 1.807) is 31.4 Å². The molecular formula is C12H12O3S. The van der Waals surface area contributed by atoms with Crippen molar-refractivity contribution in [2.45, 2.75) is 11.3 Å². The Hall–Kier alpha value is -1.55. The van der Waals surface area contributed by atoms with Crippen LogP contribution in [0.15, 0.2) is 28.7 Å². The van der Waals surface area contributed by atoms with Crippen molar-refractivity contribution in [2.24, 2.45) is 0 Å². The number of hydrogen-bond acceptors (Lipinski definition) is 4. The van der Waals surface area contributed by atoms with E-state index in [0.29, 0.717) is 23.9 Å². The molecule has 0 aliphatic rings. The third kappa shape index (κ3) is 3.24. The molecule has 0 aliphatic heterocycles. The molecule has 4 heteroatoms. The van der Waals surface area contributed by atoms with Crippen LogP contribution < -0.4 is 4.74 Å². The van der Waals surface area contributed by atoms with Gasteiger partial charge in [-0.05, 0) is 29.3 Å². The number of thiol groups is 1. The van der Waals surface area contributed by atoms with Crippen molar-refractivity contribution in [3.05, 3.63) is 29.3 Å². The van der Waals surface area contributed by atoms with Crippen molar-refractivity contribution in [3.8, 4) is 5.75 Å². The molecule has 0 spiro atoms. The van der Waals surface area contributed by atoms with Gasteiger partial charge in [0.25, 0.3) is 0 Å². The number of methoxy groups -OCH3 is 1. The monoisotopic (exact) mass is 236 g/mol. The smallest absolute Gasteiger partial charge is 0.146 e. The molecule has 3 nitrogen and oxygen atoms in total. The predicted octanol–water partition coefficient (Wildman–Crippen LogP) is 2.16. The van der Waals surface area contributed by atoms with Crippen LogP contribution >= 0.6 is 12.6 Å². The lowest BCUT2D eigenvalue weighted by atomic mass is 10.1. The first-order chi connectivity index (χ1) is 7.71. The van der Waals surface area contributed by atoms with Crippen LogP contribution in [0.2, 0.25) is 0 Å². The fourth-order valence-corrected chi connectivity index (χ4v) is 1.47. The summed E-state index contributed by atoms with van der Waals surface area (Å²) in [6.07, 6.45) is 3.14. The number of benzene rings is 1. The zero-order valence-corrected chi connectivity index (χ0v) is 9.74. The summed E-state index contributed by atoms with van der Waals surface area (Å²) in [7, 11) is 1.55. The molecule has 1 aromatic carbocycles. The van der Waals surface area contributed by atoms with E-state index in [2.05, 4.69) is 12.6 Å². The van der Waals surface area contributed by atoms with Crippen molar-refractivity contribution in [1.29, 1.82) is 0 Å². The van der Waals surface area contributed by atoms with E-state index >= 15 is 0 Å². The largest absolute Gasteiger partial charge is 0.496 e. The summed E-state index contributed by atoms with van der Waals surface area (Å²) in [5.41, 5.74) is 1.24. The fourth-order valence-electron chi connectivity index (χ4n) is 1.24. The number of aldehydes is 2. The van der Waals surface area contributed by atoms with Crippen molar-refractivity contribution in [1.82, 2.24) is 0 Å². The van der Waals surface area contributed by atoms with Crippen molar-refractivity contribution in [3.63, 3.8) is 0 Å². The molecule has 0 radical (unpaired) electrons. The Bertz CT molecular complexity index is 424. The Balaban J connectivity index is 3.04. The topological polar surface area (TPSA) is 43.4 Å². The molecule has 0 aromatic heterocycles. The second-order valence-corrected chi connectivity index (χ2v) is 3.62. The van der Waals surface area contributed by atoms with E-state index in [4.69, 9.17) is 4.74 Å². The van der Waals surface area contributed by atoms with Gasteiger partial charge in [-0.25, -0.2) is 0 Å². The van der Waals surface area contributed by atoms with Gasteiger partial charge in [0.05, 0.1) is 7.11 Å². The fraction of sp³-hybridized carbons (Fsp3) is 0.167. The lowest BCUT2D eigenvalue weighted by Crippen LogP contribution is -1.88. The molecule has 0 N–H and O–H groups in total. The number of allylic oxidation sites excluding steroid dienone is 1. The van der Waals surface area contributed by atoms with Crippen LogP contribution in [0.3, 0.4) is 0 Å².